The number of nitrogens with one attached hydrogen (secondary N) is 3. The SMILES string of the molecule is CCCCC(=O)Nc1cncc(-c2cnc3n[nH]c(-c4nc5c(-c6cccc(F)c6)nccc5[nH]4)c3c2F)c1. The van der Waals surface area contributed by atoms with Gasteiger partial charge in [0.2, 0.25) is 5.91 Å². The number of fused-ring (bicyclic) bond motifs is 2. The van der Waals surface area contributed by atoms with E-state index in [1.165, 1.54) is 30.7 Å². The molecule has 0 saturated carbocycles. The maximum atomic E-state index is 16.0. The van der Waals surface area contributed by atoms with Crippen molar-refractivity contribution in [3.05, 3.63) is 72.8 Å². The van der Waals surface area contributed by atoms with Gasteiger partial charge in [0.1, 0.15) is 22.8 Å². The molecular weight excluding hydrogens is 502 g/mol. The van der Waals surface area contributed by atoms with Crippen LogP contribution in [0.1, 0.15) is 26.2 Å². The van der Waals surface area contributed by atoms with E-state index in [-0.39, 0.29) is 28.3 Å². The largest absolute Gasteiger partial charge is 0.337 e. The summed E-state index contributed by atoms with van der Waals surface area (Å²) in [5.74, 6) is -0.754. The van der Waals surface area contributed by atoms with Crippen LogP contribution in [0, 0.1) is 11.6 Å². The van der Waals surface area contributed by atoms with Gasteiger partial charge in [0.15, 0.2) is 11.5 Å². The number of nitrogens with zero attached hydrogens (tertiary/aromatic N) is 5. The van der Waals surface area contributed by atoms with Gasteiger partial charge in [-0.2, -0.15) is 5.10 Å². The van der Waals surface area contributed by atoms with E-state index in [1.54, 1.807) is 30.5 Å². The molecule has 3 N–H and O–H groups in total. The highest BCUT2D eigenvalue weighted by Crippen LogP contribution is 2.34. The average molecular weight is 525 g/mol. The molecule has 0 radical (unpaired) electrons. The Bertz CT molecular complexity index is 1840. The number of aromatic amines is 2. The van der Waals surface area contributed by atoms with Crippen LogP contribution in [-0.4, -0.2) is 41.0 Å². The van der Waals surface area contributed by atoms with Gasteiger partial charge in [-0.15, -0.1) is 0 Å². The Balaban J connectivity index is 1.41. The number of amides is 1. The Morgan fingerprint density at radius 1 is 1.05 bits per heavy atom. The normalized spacial score (nSPS) is 11.4. The van der Waals surface area contributed by atoms with Crippen molar-refractivity contribution in [3.8, 4) is 33.9 Å². The summed E-state index contributed by atoms with van der Waals surface area (Å²) in [6, 6.07) is 9.47. The van der Waals surface area contributed by atoms with E-state index >= 15 is 4.39 Å². The number of H-pyrrole nitrogens is 2. The molecule has 1 amide bonds. The molecule has 6 aromatic rings. The standard InChI is InChI=1S/C28H22F2N8O/c1-2-3-7-21(39)34-18-11-16(12-31-13-18)19-14-33-27-22(23(19)30)26(37-38-27)28-35-20-8-9-32-24(25(20)36-28)15-5-4-6-17(29)10-15/h4-6,8-14H,2-3,7H2,1H3,(H,34,39)(H,35,36)(H,33,37,38). The number of pyridine rings is 3. The first-order valence-electron chi connectivity index (χ1n) is 12.4. The summed E-state index contributed by atoms with van der Waals surface area (Å²) >= 11 is 0. The quantitative estimate of drug-likeness (QED) is 0.234. The number of hydrogen-bond donors (Lipinski definition) is 3. The third-order valence-corrected chi connectivity index (χ3v) is 6.35. The summed E-state index contributed by atoms with van der Waals surface area (Å²) in [6.07, 6.45) is 8.07. The van der Waals surface area contributed by atoms with Crippen molar-refractivity contribution in [1.29, 1.82) is 0 Å². The zero-order valence-electron chi connectivity index (χ0n) is 20.8. The zero-order valence-corrected chi connectivity index (χ0v) is 20.8. The van der Waals surface area contributed by atoms with Gasteiger partial charge < -0.3 is 10.3 Å². The summed E-state index contributed by atoms with van der Waals surface area (Å²) in [5.41, 5.74) is 3.78. The molecule has 0 saturated heterocycles. The molecule has 1 aromatic carbocycles. The van der Waals surface area contributed by atoms with Gasteiger partial charge in [-0.3, -0.25) is 19.9 Å². The van der Waals surface area contributed by atoms with Gasteiger partial charge in [0, 0.05) is 41.7 Å². The Morgan fingerprint density at radius 2 is 1.95 bits per heavy atom. The molecule has 9 nitrogen and oxygen atoms in total. The first-order valence-corrected chi connectivity index (χ1v) is 12.4. The monoisotopic (exact) mass is 524 g/mol. The molecule has 0 aliphatic heterocycles. The van der Waals surface area contributed by atoms with E-state index in [2.05, 4.69) is 40.4 Å². The smallest absolute Gasteiger partial charge is 0.224 e. The second-order valence-electron chi connectivity index (χ2n) is 9.05. The van der Waals surface area contributed by atoms with Crippen LogP contribution in [0.5, 0.6) is 0 Å². The summed E-state index contributed by atoms with van der Waals surface area (Å²) in [5, 5.41) is 9.95. The molecule has 0 bridgehead atoms. The van der Waals surface area contributed by atoms with Crippen LogP contribution < -0.4 is 5.32 Å². The minimum atomic E-state index is -0.566. The van der Waals surface area contributed by atoms with Crippen LogP contribution in [-0.2, 0) is 4.79 Å². The highest BCUT2D eigenvalue weighted by atomic mass is 19.1. The van der Waals surface area contributed by atoms with E-state index in [9.17, 15) is 9.18 Å². The number of anilines is 1. The number of carbonyl (C=O) groups is 1. The molecule has 0 aliphatic carbocycles. The lowest BCUT2D eigenvalue weighted by atomic mass is 10.1. The van der Waals surface area contributed by atoms with E-state index in [0.29, 0.717) is 51.5 Å². The second kappa shape index (κ2) is 10.0. The van der Waals surface area contributed by atoms with Gasteiger partial charge in [-0.05, 0) is 30.7 Å². The van der Waals surface area contributed by atoms with Crippen LogP contribution in [0.4, 0.5) is 14.5 Å². The van der Waals surface area contributed by atoms with Crippen LogP contribution in [0.3, 0.4) is 0 Å². The highest BCUT2D eigenvalue weighted by molar-refractivity contribution is 5.97. The number of imidazole rings is 1. The van der Waals surface area contributed by atoms with Gasteiger partial charge in [-0.25, -0.2) is 18.7 Å². The molecule has 5 aromatic heterocycles. The maximum Gasteiger partial charge on any atom is 0.224 e. The molecule has 0 fully saturated rings. The molecule has 0 unspecified atom stereocenters. The molecule has 0 spiro atoms. The average Bonchev–Trinajstić information content (AvgIpc) is 3.57. The molecule has 11 heteroatoms. The number of aromatic nitrogens is 7. The highest BCUT2D eigenvalue weighted by Gasteiger charge is 2.21. The predicted molar refractivity (Wildman–Crippen MR) is 144 cm³/mol. The molecule has 5 heterocycles. The third-order valence-electron chi connectivity index (χ3n) is 6.35. The second-order valence-corrected chi connectivity index (χ2v) is 9.05. The lowest BCUT2D eigenvalue weighted by Gasteiger charge is -2.08. The van der Waals surface area contributed by atoms with Gasteiger partial charge in [0.25, 0.3) is 0 Å². The van der Waals surface area contributed by atoms with Crippen molar-refractivity contribution in [2.24, 2.45) is 0 Å². The first-order chi connectivity index (χ1) is 19.0. The van der Waals surface area contributed by atoms with E-state index in [4.69, 9.17) is 0 Å². The van der Waals surface area contributed by atoms with Gasteiger partial charge >= 0.3 is 0 Å². The van der Waals surface area contributed by atoms with E-state index in [0.717, 1.165) is 12.8 Å². The Morgan fingerprint density at radius 3 is 2.79 bits per heavy atom. The predicted octanol–water partition coefficient (Wildman–Crippen LogP) is 6.03. The summed E-state index contributed by atoms with van der Waals surface area (Å²) in [7, 11) is 0. The molecule has 39 heavy (non-hydrogen) atoms. The van der Waals surface area contributed by atoms with E-state index in [1.807, 2.05) is 6.92 Å². The van der Waals surface area contributed by atoms with Crippen molar-refractivity contribution in [2.45, 2.75) is 26.2 Å². The lowest BCUT2D eigenvalue weighted by molar-refractivity contribution is -0.116. The molecule has 0 aliphatic rings. The fraction of sp³-hybridized carbons (Fsp3) is 0.143. The van der Waals surface area contributed by atoms with E-state index < -0.39 is 5.82 Å². The van der Waals surface area contributed by atoms with Crippen LogP contribution >= 0.6 is 0 Å². The van der Waals surface area contributed by atoms with Crippen molar-refractivity contribution in [3.63, 3.8) is 0 Å². The summed E-state index contributed by atoms with van der Waals surface area (Å²) in [6.45, 7) is 2.01. The Kier molecular flexibility index (Phi) is 6.23. The third kappa shape index (κ3) is 4.58. The lowest BCUT2D eigenvalue weighted by Crippen LogP contribution is -2.11. The first kappa shape index (κ1) is 24.3. The van der Waals surface area contributed by atoms with Crippen molar-refractivity contribution < 1.29 is 13.6 Å². The number of hydrogen-bond acceptors (Lipinski definition) is 6. The number of rotatable bonds is 7. The fourth-order valence-corrected chi connectivity index (χ4v) is 4.44. The maximum absolute atomic E-state index is 16.0. The minimum absolute atomic E-state index is 0.126. The van der Waals surface area contributed by atoms with Crippen molar-refractivity contribution in [1.82, 2.24) is 35.1 Å². The van der Waals surface area contributed by atoms with Crippen LogP contribution in [0.15, 0.2) is 61.2 Å². The molecule has 6 rings (SSSR count). The fourth-order valence-electron chi connectivity index (χ4n) is 4.44. The van der Waals surface area contributed by atoms with Gasteiger partial charge in [-0.1, -0.05) is 25.5 Å². The van der Waals surface area contributed by atoms with Crippen molar-refractivity contribution in [2.75, 3.05) is 5.32 Å². The van der Waals surface area contributed by atoms with Crippen LogP contribution in [0.2, 0.25) is 0 Å². The topological polar surface area (TPSA) is 125 Å². The summed E-state index contributed by atoms with van der Waals surface area (Å²) in [4.78, 5) is 32.9. The Hall–Kier alpha value is -5.06. The molecular formula is C28H22F2N8O. The Labute approximate surface area is 220 Å². The number of benzene rings is 1. The minimum Gasteiger partial charge on any atom is -0.337 e. The number of unbranched alkanes of at least 4 members (excludes halogenated alkanes) is 1. The number of halogens is 2. The number of carbonyl (C=O) groups excluding carboxylic acids is 1. The zero-order chi connectivity index (χ0) is 26.9. The van der Waals surface area contributed by atoms with Crippen molar-refractivity contribution >= 4 is 33.7 Å². The van der Waals surface area contributed by atoms with Crippen LogP contribution in [0.25, 0.3) is 56.0 Å². The molecule has 194 valence electrons. The molecule has 0 atom stereocenters. The van der Waals surface area contributed by atoms with Gasteiger partial charge in [0.05, 0.1) is 28.5 Å². The summed E-state index contributed by atoms with van der Waals surface area (Å²) < 4.78 is 29.9.